The number of hydrogen-bond acceptors (Lipinski definition) is 8. The first-order valence-electron chi connectivity index (χ1n) is 12.7. The number of fused-ring (bicyclic) bond motifs is 1. The number of nitrogens with zero attached hydrogens (tertiary/aromatic N) is 3. The molecule has 0 saturated carbocycles. The smallest absolute Gasteiger partial charge is 0.224 e. The molecular weight excluding hydrogens is 510 g/mol. The topological polar surface area (TPSA) is 138 Å². The monoisotopic (exact) mass is 545 g/mol. The lowest BCUT2D eigenvalue weighted by Crippen LogP contribution is -2.25. The van der Waals surface area contributed by atoms with Crippen molar-refractivity contribution >= 4 is 52.3 Å². The molecule has 0 aromatic carbocycles. The third-order valence-corrected chi connectivity index (χ3v) is 5.80. The molecule has 0 spiro atoms. The lowest BCUT2D eigenvalue weighted by atomic mass is 10.2. The van der Waals surface area contributed by atoms with Gasteiger partial charge in [-0.15, -0.1) is 0 Å². The van der Waals surface area contributed by atoms with Crippen LogP contribution in [0.3, 0.4) is 0 Å². The normalized spacial score (nSPS) is 12.3. The lowest BCUT2D eigenvalue weighted by Gasteiger charge is -2.13. The number of hydrogen-bond donors (Lipinski definition) is 3. The van der Waals surface area contributed by atoms with E-state index in [4.69, 9.17) is 21.1 Å². The molecule has 4 heterocycles. The van der Waals surface area contributed by atoms with Gasteiger partial charge in [-0.05, 0) is 43.0 Å². The molecule has 1 fully saturated rings. The third-order valence-electron chi connectivity index (χ3n) is 5.58. The largest absolute Gasteiger partial charge is 0.449 e. The van der Waals surface area contributed by atoms with Crippen molar-refractivity contribution in [1.29, 1.82) is 0 Å². The Balaban J connectivity index is 0.000000224. The van der Waals surface area contributed by atoms with E-state index >= 15 is 0 Å². The van der Waals surface area contributed by atoms with Crippen LogP contribution in [0, 0.1) is 0 Å². The number of furan rings is 1. The Kier molecular flexibility index (Phi) is 13.2. The van der Waals surface area contributed by atoms with Crippen molar-refractivity contribution in [2.75, 3.05) is 30.8 Å². The van der Waals surface area contributed by atoms with E-state index in [2.05, 4.69) is 27.5 Å². The Bertz CT molecular complexity index is 1180. The van der Waals surface area contributed by atoms with Crippen LogP contribution < -0.4 is 10.6 Å². The number of unbranched alkanes of at least 4 members (excludes halogenated alkanes) is 1. The summed E-state index contributed by atoms with van der Waals surface area (Å²) in [5, 5.41) is 15.2. The van der Waals surface area contributed by atoms with Crippen LogP contribution in [0.15, 0.2) is 35.0 Å². The van der Waals surface area contributed by atoms with Gasteiger partial charge in [0.2, 0.25) is 11.8 Å². The Morgan fingerprint density at radius 2 is 2.03 bits per heavy atom. The molecule has 1 aliphatic heterocycles. The standard InChI is InChI=1S/C13H14N2O4.C8H15NO.C6H7ClN2/c1-2-3-11(18)15-13-10(7-17)19-9-4-8(6-16)5-14-12(9)13;1-2-3-6-9-7-4-5-8(9)10;1-8-6-3-2-5(7)4-9-6/h4-5,7,16H,2-3,6H2,1H3,(H,15,18);2-7H2,1H3;2-4H,1H3,(H,8,9). The molecule has 38 heavy (non-hydrogen) atoms. The van der Waals surface area contributed by atoms with Crippen molar-refractivity contribution in [2.24, 2.45) is 0 Å². The van der Waals surface area contributed by atoms with Gasteiger partial charge in [-0.3, -0.25) is 19.4 Å². The van der Waals surface area contributed by atoms with E-state index in [1.807, 2.05) is 24.9 Å². The summed E-state index contributed by atoms with van der Waals surface area (Å²) < 4.78 is 5.31. The van der Waals surface area contributed by atoms with Crippen molar-refractivity contribution in [3.63, 3.8) is 0 Å². The molecule has 0 bridgehead atoms. The molecule has 3 aromatic rings. The predicted octanol–water partition coefficient (Wildman–Crippen LogP) is 5.06. The number of rotatable bonds is 9. The van der Waals surface area contributed by atoms with Gasteiger partial charge in [0, 0.05) is 45.4 Å². The van der Waals surface area contributed by atoms with E-state index in [-0.39, 0.29) is 24.0 Å². The van der Waals surface area contributed by atoms with E-state index in [9.17, 15) is 14.4 Å². The number of nitrogens with one attached hydrogen (secondary N) is 2. The predicted molar refractivity (Wildman–Crippen MR) is 148 cm³/mol. The molecule has 0 radical (unpaired) electrons. The summed E-state index contributed by atoms with van der Waals surface area (Å²) in [6.45, 7) is 5.85. The van der Waals surface area contributed by atoms with Gasteiger partial charge in [0.25, 0.3) is 0 Å². The van der Waals surface area contributed by atoms with Gasteiger partial charge in [-0.2, -0.15) is 0 Å². The Labute approximate surface area is 227 Å². The van der Waals surface area contributed by atoms with Crippen LogP contribution in [0.25, 0.3) is 11.1 Å². The third kappa shape index (κ3) is 9.42. The highest BCUT2D eigenvalue weighted by atomic mass is 35.5. The lowest BCUT2D eigenvalue weighted by molar-refractivity contribution is -0.127. The maximum Gasteiger partial charge on any atom is 0.224 e. The van der Waals surface area contributed by atoms with E-state index in [0.29, 0.717) is 46.7 Å². The van der Waals surface area contributed by atoms with Crippen LogP contribution in [-0.4, -0.2) is 58.2 Å². The first kappa shape index (κ1) is 30.7. The van der Waals surface area contributed by atoms with Crippen molar-refractivity contribution in [2.45, 2.75) is 59.0 Å². The van der Waals surface area contributed by atoms with Gasteiger partial charge in [0.15, 0.2) is 17.6 Å². The molecular formula is C27H36ClN5O5. The molecule has 1 saturated heterocycles. The number of carbonyl (C=O) groups excluding carboxylic acids is 3. The second-order valence-electron chi connectivity index (χ2n) is 8.56. The Hall–Kier alpha value is -3.50. The Morgan fingerprint density at radius 3 is 2.58 bits per heavy atom. The fourth-order valence-electron chi connectivity index (χ4n) is 3.57. The number of halogens is 1. The molecule has 3 N–H and O–H groups in total. The van der Waals surface area contributed by atoms with Crippen molar-refractivity contribution in [3.05, 3.63) is 46.9 Å². The molecule has 3 aromatic heterocycles. The van der Waals surface area contributed by atoms with Crippen molar-refractivity contribution < 1.29 is 23.9 Å². The fourth-order valence-corrected chi connectivity index (χ4v) is 3.68. The van der Waals surface area contributed by atoms with Crippen molar-refractivity contribution in [3.8, 4) is 0 Å². The van der Waals surface area contributed by atoms with Crippen LogP contribution in [0.4, 0.5) is 11.5 Å². The van der Waals surface area contributed by atoms with Crippen LogP contribution in [-0.2, 0) is 16.2 Å². The Morgan fingerprint density at radius 1 is 1.24 bits per heavy atom. The minimum absolute atomic E-state index is 0.0297. The molecule has 0 unspecified atom stereocenters. The zero-order valence-electron chi connectivity index (χ0n) is 22.1. The van der Waals surface area contributed by atoms with Gasteiger partial charge in [-0.1, -0.05) is 31.9 Å². The first-order valence-corrected chi connectivity index (χ1v) is 13.1. The second kappa shape index (κ2) is 16.4. The molecule has 0 atom stereocenters. The average Bonchev–Trinajstić information content (AvgIpc) is 3.50. The van der Waals surface area contributed by atoms with Crippen LogP contribution in [0.5, 0.6) is 0 Å². The van der Waals surface area contributed by atoms with Gasteiger partial charge in [0.05, 0.1) is 11.6 Å². The van der Waals surface area contributed by atoms with Crippen LogP contribution in [0.2, 0.25) is 5.02 Å². The number of aliphatic hydroxyl groups is 1. The number of aliphatic hydroxyl groups excluding tert-OH is 1. The SMILES string of the molecule is CCCC(=O)Nc1c(C=O)oc2cc(CO)cnc12.CCCCN1CCCC1=O.CNc1ccc(Cl)cn1. The summed E-state index contributed by atoms with van der Waals surface area (Å²) in [6.07, 6.45) is 8.87. The van der Waals surface area contributed by atoms with Gasteiger partial charge >= 0.3 is 0 Å². The molecule has 206 valence electrons. The molecule has 4 rings (SSSR count). The number of amides is 2. The summed E-state index contributed by atoms with van der Waals surface area (Å²) >= 11 is 5.58. The molecule has 11 heteroatoms. The minimum Gasteiger partial charge on any atom is -0.449 e. The highest BCUT2D eigenvalue weighted by Gasteiger charge is 2.19. The fraction of sp³-hybridized carbons (Fsp3) is 0.444. The average molecular weight is 546 g/mol. The maximum absolute atomic E-state index is 11.6. The zero-order chi connectivity index (χ0) is 27.9. The van der Waals surface area contributed by atoms with E-state index in [0.717, 1.165) is 38.2 Å². The molecule has 10 nitrogen and oxygen atoms in total. The van der Waals surface area contributed by atoms with E-state index in [1.165, 1.54) is 12.6 Å². The van der Waals surface area contributed by atoms with Gasteiger partial charge in [-0.25, -0.2) is 4.98 Å². The number of likely N-dealkylation sites (tertiary alicyclic amines) is 1. The number of aromatic nitrogens is 2. The highest BCUT2D eigenvalue weighted by molar-refractivity contribution is 6.30. The summed E-state index contributed by atoms with van der Waals surface area (Å²) in [6, 6.07) is 5.20. The summed E-state index contributed by atoms with van der Waals surface area (Å²) in [7, 11) is 1.82. The molecule has 2 amide bonds. The van der Waals surface area contributed by atoms with E-state index < -0.39 is 0 Å². The van der Waals surface area contributed by atoms with E-state index in [1.54, 1.807) is 18.3 Å². The summed E-state index contributed by atoms with van der Waals surface area (Å²) in [4.78, 5) is 43.6. The highest BCUT2D eigenvalue weighted by Crippen LogP contribution is 2.29. The number of anilines is 2. The second-order valence-corrected chi connectivity index (χ2v) is 8.99. The first-order chi connectivity index (χ1) is 18.4. The molecule has 1 aliphatic rings. The minimum atomic E-state index is -0.193. The summed E-state index contributed by atoms with van der Waals surface area (Å²) in [5.41, 5.74) is 1.63. The van der Waals surface area contributed by atoms with Crippen molar-refractivity contribution in [1.82, 2.24) is 14.9 Å². The quantitative estimate of drug-likeness (QED) is 0.317. The number of pyridine rings is 2. The van der Waals surface area contributed by atoms with Crippen LogP contribution in [0.1, 0.15) is 68.5 Å². The molecule has 0 aliphatic carbocycles. The van der Waals surface area contributed by atoms with Gasteiger partial charge < -0.3 is 25.1 Å². The zero-order valence-corrected chi connectivity index (χ0v) is 22.9. The summed E-state index contributed by atoms with van der Waals surface area (Å²) in [5.74, 6) is 1.02. The number of carbonyl (C=O) groups is 3. The van der Waals surface area contributed by atoms with Crippen LogP contribution >= 0.6 is 11.6 Å². The number of aldehydes is 1. The van der Waals surface area contributed by atoms with Gasteiger partial charge in [0.1, 0.15) is 17.0 Å². The maximum atomic E-state index is 11.6.